The van der Waals surface area contributed by atoms with E-state index in [9.17, 15) is 4.79 Å². The SMILES string of the molecule is CCCCOCC1(COC(=O)NC)CCCC1. The van der Waals surface area contributed by atoms with Crippen LogP contribution in [0.3, 0.4) is 0 Å². The molecule has 0 unspecified atom stereocenters. The van der Waals surface area contributed by atoms with Gasteiger partial charge in [0.2, 0.25) is 0 Å². The molecule has 1 amide bonds. The van der Waals surface area contributed by atoms with Crippen LogP contribution in [0.4, 0.5) is 4.79 Å². The predicted octanol–water partition coefficient (Wildman–Crippen LogP) is 2.72. The summed E-state index contributed by atoms with van der Waals surface area (Å²) >= 11 is 0. The summed E-state index contributed by atoms with van der Waals surface area (Å²) in [5.74, 6) is 0. The van der Waals surface area contributed by atoms with Crippen LogP contribution >= 0.6 is 0 Å². The molecule has 0 spiro atoms. The van der Waals surface area contributed by atoms with Gasteiger partial charge >= 0.3 is 6.09 Å². The van der Waals surface area contributed by atoms with E-state index in [1.54, 1.807) is 7.05 Å². The summed E-state index contributed by atoms with van der Waals surface area (Å²) in [5.41, 5.74) is 0.0697. The molecule has 0 atom stereocenters. The number of amides is 1. The monoisotopic (exact) mass is 243 g/mol. The topological polar surface area (TPSA) is 47.6 Å². The second-order valence-electron chi connectivity index (χ2n) is 4.94. The highest BCUT2D eigenvalue weighted by Crippen LogP contribution is 2.38. The van der Waals surface area contributed by atoms with Crippen LogP contribution in [0.15, 0.2) is 0 Å². The highest BCUT2D eigenvalue weighted by molar-refractivity contribution is 5.66. The van der Waals surface area contributed by atoms with Crippen LogP contribution in [-0.4, -0.2) is 33.0 Å². The van der Waals surface area contributed by atoms with Crippen LogP contribution in [-0.2, 0) is 9.47 Å². The quantitative estimate of drug-likeness (QED) is 0.699. The summed E-state index contributed by atoms with van der Waals surface area (Å²) < 4.78 is 10.9. The first-order valence-corrected chi connectivity index (χ1v) is 6.65. The molecule has 1 aliphatic carbocycles. The summed E-state index contributed by atoms with van der Waals surface area (Å²) in [5, 5.41) is 2.48. The minimum absolute atomic E-state index is 0.0697. The molecule has 1 aliphatic rings. The Morgan fingerprint density at radius 2 is 2.00 bits per heavy atom. The normalized spacial score (nSPS) is 18.0. The maximum atomic E-state index is 11.1. The van der Waals surface area contributed by atoms with Crippen molar-refractivity contribution in [1.82, 2.24) is 5.32 Å². The molecule has 1 N–H and O–H groups in total. The first-order chi connectivity index (χ1) is 8.22. The van der Waals surface area contributed by atoms with Gasteiger partial charge in [0.25, 0.3) is 0 Å². The standard InChI is InChI=1S/C13H25NO3/c1-3-4-9-16-10-13(7-5-6-8-13)11-17-12(15)14-2/h3-11H2,1-2H3,(H,14,15). The molecule has 1 fully saturated rings. The molecular weight excluding hydrogens is 218 g/mol. The average Bonchev–Trinajstić information content (AvgIpc) is 2.81. The molecule has 0 saturated heterocycles. The van der Waals surface area contributed by atoms with Gasteiger partial charge in [0.05, 0.1) is 6.61 Å². The lowest BCUT2D eigenvalue weighted by Crippen LogP contribution is -2.33. The van der Waals surface area contributed by atoms with Crippen molar-refractivity contribution in [3.63, 3.8) is 0 Å². The van der Waals surface area contributed by atoms with E-state index in [1.165, 1.54) is 12.8 Å². The third kappa shape index (κ3) is 4.94. The Hall–Kier alpha value is -0.770. The Bertz CT molecular complexity index is 225. The Morgan fingerprint density at radius 3 is 2.59 bits per heavy atom. The third-order valence-electron chi connectivity index (χ3n) is 3.43. The minimum Gasteiger partial charge on any atom is -0.449 e. The van der Waals surface area contributed by atoms with E-state index in [1.807, 2.05) is 0 Å². The number of alkyl carbamates (subject to hydrolysis) is 1. The summed E-state index contributed by atoms with van der Waals surface area (Å²) in [6.45, 7) is 4.18. The summed E-state index contributed by atoms with van der Waals surface area (Å²) in [4.78, 5) is 11.1. The van der Waals surface area contributed by atoms with Gasteiger partial charge in [-0.1, -0.05) is 26.2 Å². The molecule has 0 aliphatic heterocycles. The molecule has 0 radical (unpaired) electrons. The molecule has 0 bridgehead atoms. The third-order valence-corrected chi connectivity index (χ3v) is 3.43. The smallest absolute Gasteiger partial charge is 0.406 e. The van der Waals surface area contributed by atoms with Crippen LogP contribution in [0.25, 0.3) is 0 Å². The van der Waals surface area contributed by atoms with E-state index in [2.05, 4.69) is 12.2 Å². The fourth-order valence-corrected chi connectivity index (χ4v) is 2.28. The zero-order valence-electron chi connectivity index (χ0n) is 11.1. The zero-order chi connectivity index (χ0) is 12.6. The maximum absolute atomic E-state index is 11.1. The highest BCUT2D eigenvalue weighted by atomic mass is 16.6. The molecule has 0 aromatic rings. The van der Waals surface area contributed by atoms with Crippen molar-refractivity contribution in [2.75, 3.05) is 26.9 Å². The molecule has 4 nitrogen and oxygen atoms in total. The van der Waals surface area contributed by atoms with Gasteiger partial charge < -0.3 is 14.8 Å². The van der Waals surface area contributed by atoms with E-state index in [0.717, 1.165) is 38.9 Å². The Balaban J connectivity index is 2.31. The van der Waals surface area contributed by atoms with Crippen LogP contribution in [0, 0.1) is 5.41 Å². The van der Waals surface area contributed by atoms with Crippen LogP contribution in [0.2, 0.25) is 0 Å². The number of carbonyl (C=O) groups is 1. The van der Waals surface area contributed by atoms with Crippen molar-refractivity contribution in [3.05, 3.63) is 0 Å². The number of hydrogen-bond acceptors (Lipinski definition) is 3. The minimum atomic E-state index is -0.343. The number of unbranched alkanes of at least 4 members (excludes halogenated alkanes) is 1. The molecule has 0 aromatic heterocycles. The Kier molecular flexibility index (Phi) is 6.34. The summed E-state index contributed by atoms with van der Waals surface area (Å²) in [6, 6.07) is 0. The molecule has 100 valence electrons. The number of nitrogens with one attached hydrogen (secondary N) is 1. The second kappa shape index (κ2) is 7.54. The lowest BCUT2D eigenvalue weighted by molar-refractivity contribution is 0.00230. The molecule has 17 heavy (non-hydrogen) atoms. The van der Waals surface area contributed by atoms with Crippen molar-refractivity contribution in [3.8, 4) is 0 Å². The number of hydrogen-bond donors (Lipinski definition) is 1. The van der Waals surface area contributed by atoms with Gasteiger partial charge in [-0.25, -0.2) is 4.79 Å². The largest absolute Gasteiger partial charge is 0.449 e. The summed E-state index contributed by atoms with van der Waals surface area (Å²) in [7, 11) is 1.58. The molecule has 4 heteroatoms. The van der Waals surface area contributed by atoms with E-state index < -0.39 is 0 Å². The molecule has 1 saturated carbocycles. The number of ether oxygens (including phenoxy) is 2. The van der Waals surface area contributed by atoms with Gasteiger partial charge in [0, 0.05) is 19.1 Å². The van der Waals surface area contributed by atoms with E-state index in [0.29, 0.717) is 6.61 Å². The van der Waals surface area contributed by atoms with Gasteiger partial charge in [0.15, 0.2) is 0 Å². The second-order valence-corrected chi connectivity index (χ2v) is 4.94. The van der Waals surface area contributed by atoms with Crippen LogP contribution in [0.1, 0.15) is 45.4 Å². The maximum Gasteiger partial charge on any atom is 0.406 e. The Morgan fingerprint density at radius 1 is 1.29 bits per heavy atom. The van der Waals surface area contributed by atoms with Gasteiger partial charge in [-0.3, -0.25) is 0 Å². The van der Waals surface area contributed by atoms with Crippen molar-refractivity contribution in [1.29, 1.82) is 0 Å². The lowest BCUT2D eigenvalue weighted by Gasteiger charge is -2.28. The van der Waals surface area contributed by atoms with Crippen LogP contribution in [0.5, 0.6) is 0 Å². The van der Waals surface area contributed by atoms with E-state index in [4.69, 9.17) is 9.47 Å². The number of carbonyl (C=O) groups excluding carboxylic acids is 1. The van der Waals surface area contributed by atoms with Crippen molar-refractivity contribution < 1.29 is 14.3 Å². The van der Waals surface area contributed by atoms with E-state index in [-0.39, 0.29) is 11.5 Å². The fraction of sp³-hybridized carbons (Fsp3) is 0.923. The molecule has 0 aromatic carbocycles. The van der Waals surface area contributed by atoms with Crippen molar-refractivity contribution in [2.24, 2.45) is 5.41 Å². The first kappa shape index (κ1) is 14.3. The molecule has 0 heterocycles. The fourth-order valence-electron chi connectivity index (χ4n) is 2.28. The first-order valence-electron chi connectivity index (χ1n) is 6.65. The Labute approximate surface area is 104 Å². The van der Waals surface area contributed by atoms with Crippen LogP contribution < -0.4 is 5.32 Å². The van der Waals surface area contributed by atoms with Gasteiger partial charge in [-0.05, 0) is 19.3 Å². The van der Waals surface area contributed by atoms with E-state index >= 15 is 0 Å². The lowest BCUT2D eigenvalue weighted by atomic mass is 9.88. The number of rotatable bonds is 7. The highest BCUT2D eigenvalue weighted by Gasteiger charge is 2.35. The molecular formula is C13H25NO3. The van der Waals surface area contributed by atoms with Gasteiger partial charge in [-0.2, -0.15) is 0 Å². The van der Waals surface area contributed by atoms with Gasteiger partial charge in [-0.15, -0.1) is 0 Å². The molecule has 1 rings (SSSR count). The van der Waals surface area contributed by atoms with Crippen molar-refractivity contribution in [2.45, 2.75) is 45.4 Å². The summed E-state index contributed by atoms with van der Waals surface area (Å²) in [6.07, 6.45) is 6.56. The van der Waals surface area contributed by atoms with Crippen molar-refractivity contribution >= 4 is 6.09 Å². The van der Waals surface area contributed by atoms with Gasteiger partial charge in [0.1, 0.15) is 6.61 Å². The zero-order valence-corrected chi connectivity index (χ0v) is 11.1. The predicted molar refractivity (Wildman–Crippen MR) is 67.0 cm³/mol. The average molecular weight is 243 g/mol.